The van der Waals surface area contributed by atoms with Crippen LogP contribution in [-0.4, -0.2) is 48.6 Å². The number of fused-ring (bicyclic) bond motifs is 1. The van der Waals surface area contributed by atoms with Gasteiger partial charge in [0.1, 0.15) is 0 Å². The van der Waals surface area contributed by atoms with Crippen LogP contribution in [0.5, 0.6) is 0 Å². The van der Waals surface area contributed by atoms with E-state index in [-0.39, 0.29) is 5.91 Å². The van der Waals surface area contributed by atoms with Gasteiger partial charge in [0.25, 0.3) is 10.2 Å². The maximum Gasteiger partial charge on any atom is 0.281 e. The van der Waals surface area contributed by atoms with Crippen molar-refractivity contribution in [3.05, 3.63) is 46.5 Å². The van der Waals surface area contributed by atoms with Crippen molar-refractivity contribution < 1.29 is 13.2 Å². The molecule has 0 spiro atoms. The molecule has 0 atom stereocenters. The van der Waals surface area contributed by atoms with Gasteiger partial charge < -0.3 is 5.32 Å². The summed E-state index contributed by atoms with van der Waals surface area (Å²) in [6.45, 7) is 0.700. The summed E-state index contributed by atoms with van der Waals surface area (Å²) in [7, 11) is -0.390. The van der Waals surface area contributed by atoms with Gasteiger partial charge >= 0.3 is 0 Å². The van der Waals surface area contributed by atoms with E-state index in [4.69, 9.17) is 0 Å². The molecule has 0 unspecified atom stereocenters. The zero-order valence-corrected chi connectivity index (χ0v) is 16.4. The van der Waals surface area contributed by atoms with E-state index in [1.165, 1.54) is 34.0 Å². The number of amides is 1. The Bertz CT molecular complexity index is 879. The van der Waals surface area contributed by atoms with Crippen LogP contribution in [0.2, 0.25) is 0 Å². The number of hydrogen-bond donors (Lipinski definition) is 1. The Kier molecular flexibility index (Phi) is 5.71. The van der Waals surface area contributed by atoms with E-state index < -0.39 is 10.2 Å². The molecule has 1 aliphatic heterocycles. The van der Waals surface area contributed by atoms with E-state index in [9.17, 15) is 13.2 Å². The summed E-state index contributed by atoms with van der Waals surface area (Å²) in [6, 6.07) is 9.85. The van der Waals surface area contributed by atoms with Crippen LogP contribution in [0.3, 0.4) is 0 Å². The maximum atomic E-state index is 12.3. The Morgan fingerprint density at radius 3 is 2.73 bits per heavy atom. The van der Waals surface area contributed by atoms with Crippen LogP contribution in [0, 0.1) is 0 Å². The first-order valence-electron chi connectivity index (χ1n) is 8.36. The van der Waals surface area contributed by atoms with E-state index in [0.717, 1.165) is 16.1 Å². The molecule has 140 valence electrons. The number of thiazole rings is 1. The number of rotatable bonds is 6. The standard InChI is InChI=1S/C17H22N4O3S2/c1-20(2)26(23,24)21-11-10-14-15(12-21)25-17(18-14)19-16(22)9-8-13-6-4-3-5-7-13/h3-7H,8-12H2,1-2H3,(H,18,19,22). The maximum absolute atomic E-state index is 12.3. The fraction of sp³-hybridized carbons (Fsp3) is 0.412. The summed E-state index contributed by atoms with van der Waals surface area (Å²) < 4.78 is 27.2. The minimum atomic E-state index is -3.44. The Balaban J connectivity index is 1.60. The van der Waals surface area contributed by atoms with Crippen LogP contribution in [0.15, 0.2) is 30.3 Å². The Morgan fingerprint density at radius 2 is 2.04 bits per heavy atom. The van der Waals surface area contributed by atoms with E-state index in [2.05, 4.69) is 10.3 Å². The van der Waals surface area contributed by atoms with E-state index in [1.54, 1.807) is 0 Å². The second-order valence-corrected chi connectivity index (χ2v) is 9.52. The van der Waals surface area contributed by atoms with Crippen molar-refractivity contribution >= 4 is 32.6 Å². The summed E-state index contributed by atoms with van der Waals surface area (Å²) >= 11 is 1.35. The molecule has 2 aromatic rings. The minimum Gasteiger partial charge on any atom is -0.302 e. The van der Waals surface area contributed by atoms with Crippen LogP contribution < -0.4 is 5.32 Å². The molecular weight excluding hydrogens is 372 g/mol. The molecule has 3 rings (SSSR count). The number of anilines is 1. The topological polar surface area (TPSA) is 82.6 Å². The molecular formula is C17H22N4O3S2. The molecule has 1 aromatic carbocycles. The van der Waals surface area contributed by atoms with Gasteiger partial charge in [0.15, 0.2) is 5.13 Å². The largest absolute Gasteiger partial charge is 0.302 e. The number of aryl methyl sites for hydroxylation is 1. The van der Waals surface area contributed by atoms with Crippen LogP contribution in [-0.2, 0) is 34.4 Å². The van der Waals surface area contributed by atoms with Crippen LogP contribution in [0.1, 0.15) is 22.6 Å². The summed E-state index contributed by atoms with van der Waals surface area (Å²) in [5.74, 6) is -0.0854. The second kappa shape index (κ2) is 7.83. The highest BCUT2D eigenvalue weighted by Gasteiger charge is 2.30. The minimum absolute atomic E-state index is 0.0854. The van der Waals surface area contributed by atoms with Crippen LogP contribution in [0.4, 0.5) is 5.13 Å². The molecule has 26 heavy (non-hydrogen) atoms. The third kappa shape index (κ3) is 4.29. The molecule has 1 amide bonds. The molecule has 0 fully saturated rings. The van der Waals surface area contributed by atoms with Gasteiger partial charge in [-0.1, -0.05) is 30.3 Å². The van der Waals surface area contributed by atoms with Gasteiger partial charge in [-0.3, -0.25) is 4.79 Å². The number of carbonyl (C=O) groups excluding carboxylic acids is 1. The van der Waals surface area contributed by atoms with E-state index in [1.807, 2.05) is 30.3 Å². The highest BCUT2D eigenvalue weighted by molar-refractivity contribution is 7.86. The zero-order valence-electron chi connectivity index (χ0n) is 14.8. The number of benzene rings is 1. The molecule has 9 heteroatoms. The number of nitrogens with zero attached hydrogens (tertiary/aromatic N) is 3. The average Bonchev–Trinajstić information content (AvgIpc) is 3.02. The Morgan fingerprint density at radius 1 is 1.31 bits per heavy atom. The van der Waals surface area contributed by atoms with Gasteiger partial charge in [-0.25, -0.2) is 4.98 Å². The molecule has 0 aliphatic carbocycles. The zero-order chi connectivity index (χ0) is 18.7. The molecule has 0 radical (unpaired) electrons. The highest BCUT2D eigenvalue weighted by Crippen LogP contribution is 2.29. The molecule has 2 heterocycles. The first-order valence-corrected chi connectivity index (χ1v) is 10.6. The van der Waals surface area contributed by atoms with E-state index in [0.29, 0.717) is 37.5 Å². The number of hydrogen-bond acceptors (Lipinski definition) is 5. The van der Waals surface area contributed by atoms with Gasteiger partial charge in [-0.2, -0.15) is 17.0 Å². The second-order valence-electron chi connectivity index (χ2n) is 6.30. The monoisotopic (exact) mass is 394 g/mol. The lowest BCUT2D eigenvalue weighted by Crippen LogP contribution is -2.42. The molecule has 0 saturated carbocycles. The van der Waals surface area contributed by atoms with Gasteiger partial charge in [-0.15, -0.1) is 11.3 Å². The normalized spacial score (nSPS) is 15.0. The fourth-order valence-corrected chi connectivity index (χ4v) is 4.94. The third-order valence-corrected chi connectivity index (χ3v) is 7.10. The van der Waals surface area contributed by atoms with Gasteiger partial charge in [-0.05, 0) is 12.0 Å². The first kappa shape index (κ1) is 19.0. The van der Waals surface area contributed by atoms with Gasteiger partial charge in [0.05, 0.1) is 12.2 Å². The van der Waals surface area contributed by atoms with Crippen molar-refractivity contribution in [2.24, 2.45) is 0 Å². The van der Waals surface area contributed by atoms with Crippen molar-refractivity contribution in [2.45, 2.75) is 25.8 Å². The van der Waals surface area contributed by atoms with Crippen LogP contribution >= 0.6 is 11.3 Å². The van der Waals surface area contributed by atoms with E-state index >= 15 is 0 Å². The molecule has 1 aliphatic rings. The average molecular weight is 395 g/mol. The predicted octanol–water partition coefficient (Wildman–Crippen LogP) is 1.88. The summed E-state index contributed by atoms with van der Waals surface area (Å²) in [4.78, 5) is 17.5. The molecule has 1 N–H and O–H groups in total. The van der Waals surface area contributed by atoms with Gasteiger partial charge in [0, 0.05) is 38.4 Å². The lowest BCUT2D eigenvalue weighted by molar-refractivity contribution is -0.116. The van der Waals surface area contributed by atoms with Crippen LogP contribution in [0.25, 0.3) is 0 Å². The third-order valence-electron chi connectivity index (χ3n) is 4.21. The smallest absolute Gasteiger partial charge is 0.281 e. The first-order chi connectivity index (χ1) is 12.4. The Hall–Kier alpha value is -1.81. The molecule has 0 saturated heterocycles. The SMILES string of the molecule is CN(C)S(=O)(=O)N1CCc2nc(NC(=O)CCc3ccccc3)sc2C1. The van der Waals surface area contributed by atoms with Gasteiger partial charge in [0.2, 0.25) is 5.91 Å². The quantitative estimate of drug-likeness (QED) is 0.811. The van der Waals surface area contributed by atoms with Crippen molar-refractivity contribution in [2.75, 3.05) is 26.0 Å². The van der Waals surface area contributed by atoms with Crippen molar-refractivity contribution in [1.29, 1.82) is 0 Å². The number of nitrogens with one attached hydrogen (secondary N) is 1. The van der Waals surface area contributed by atoms with Crippen molar-refractivity contribution in [3.63, 3.8) is 0 Å². The molecule has 7 nitrogen and oxygen atoms in total. The number of aromatic nitrogens is 1. The lowest BCUT2D eigenvalue weighted by atomic mass is 10.1. The summed E-state index contributed by atoms with van der Waals surface area (Å²) in [6.07, 6.45) is 1.61. The molecule has 1 aromatic heterocycles. The molecule has 0 bridgehead atoms. The highest BCUT2D eigenvalue weighted by atomic mass is 32.2. The number of carbonyl (C=O) groups is 1. The summed E-state index contributed by atoms with van der Waals surface area (Å²) in [5, 5.41) is 3.37. The summed E-state index contributed by atoms with van der Waals surface area (Å²) in [5.41, 5.74) is 1.99. The van der Waals surface area contributed by atoms with Crippen molar-refractivity contribution in [1.82, 2.24) is 13.6 Å². The predicted molar refractivity (Wildman–Crippen MR) is 102 cm³/mol. The lowest BCUT2D eigenvalue weighted by Gasteiger charge is -2.27. The fourth-order valence-electron chi connectivity index (χ4n) is 2.74. The van der Waals surface area contributed by atoms with Crippen molar-refractivity contribution in [3.8, 4) is 0 Å². The Labute approximate surface area is 157 Å².